The zero-order valence-corrected chi connectivity index (χ0v) is 19.1. The van der Waals surface area contributed by atoms with Gasteiger partial charge in [-0.2, -0.15) is 0 Å². The van der Waals surface area contributed by atoms with Crippen LogP contribution in [0.5, 0.6) is 0 Å². The molecule has 1 aliphatic rings. The normalized spacial score (nSPS) is 13.4. The average Bonchev–Trinajstić information content (AvgIpc) is 3.53. The number of anilines is 2. The van der Waals surface area contributed by atoms with Crippen molar-refractivity contribution < 1.29 is 9.59 Å². The second kappa shape index (κ2) is 10.8. The molecule has 0 radical (unpaired) electrons. The lowest BCUT2D eigenvalue weighted by Crippen LogP contribution is -2.39. The van der Waals surface area contributed by atoms with E-state index < -0.39 is 6.04 Å². The Balaban J connectivity index is 1.34. The number of amides is 2. The largest absolute Gasteiger partial charge is 0.372 e. The molecule has 1 N–H and O–H groups in total. The summed E-state index contributed by atoms with van der Waals surface area (Å²) >= 11 is 0. The number of rotatable bonds is 10. The van der Waals surface area contributed by atoms with Crippen LogP contribution in [0.4, 0.5) is 11.4 Å². The van der Waals surface area contributed by atoms with E-state index in [1.54, 1.807) is 28.2 Å². The van der Waals surface area contributed by atoms with E-state index in [2.05, 4.69) is 40.3 Å². The van der Waals surface area contributed by atoms with Crippen LogP contribution in [0.3, 0.4) is 0 Å². The molecule has 0 saturated carbocycles. The molecule has 2 amide bonds. The highest BCUT2D eigenvalue weighted by Gasteiger charge is 2.32. The molecule has 0 unspecified atom stereocenters. The Morgan fingerprint density at radius 1 is 1.12 bits per heavy atom. The monoisotopic (exact) mass is 445 g/mol. The smallest absolute Gasteiger partial charge is 0.250 e. The van der Waals surface area contributed by atoms with Gasteiger partial charge >= 0.3 is 0 Å². The number of nitrogens with zero attached hydrogens (tertiary/aromatic N) is 4. The second-order valence-corrected chi connectivity index (χ2v) is 8.22. The Morgan fingerprint density at radius 2 is 1.91 bits per heavy atom. The first-order chi connectivity index (χ1) is 16.2. The summed E-state index contributed by atoms with van der Waals surface area (Å²) in [5, 5.41) is 3.00. The van der Waals surface area contributed by atoms with Crippen LogP contribution < -0.4 is 15.1 Å². The number of carbonyl (C=O) groups excluding carboxylic acids is 2. The van der Waals surface area contributed by atoms with Gasteiger partial charge in [-0.05, 0) is 43.5 Å². The fourth-order valence-corrected chi connectivity index (χ4v) is 4.38. The van der Waals surface area contributed by atoms with E-state index in [0.717, 1.165) is 31.6 Å². The van der Waals surface area contributed by atoms with E-state index >= 15 is 0 Å². The van der Waals surface area contributed by atoms with Crippen molar-refractivity contribution in [2.24, 2.45) is 0 Å². The number of para-hydroxylation sites is 2. The van der Waals surface area contributed by atoms with E-state index in [9.17, 15) is 9.59 Å². The number of imidazole rings is 1. The average molecular weight is 446 g/mol. The number of hydrogen-bond donors (Lipinski definition) is 1. The molecule has 33 heavy (non-hydrogen) atoms. The first-order valence-electron chi connectivity index (χ1n) is 11.6. The van der Waals surface area contributed by atoms with Crippen LogP contribution in [0.15, 0.2) is 73.3 Å². The van der Waals surface area contributed by atoms with Crippen LogP contribution in [0, 0.1) is 0 Å². The lowest BCUT2D eigenvalue weighted by atomic mass is 10.1. The van der Waals surface area contributed by atoms with Crippen molar-refractivity contribution in [1.29, 1.82) is 0 Å². The molecule has 0 aliphatic carbocycles. The molecule has 1 aliphatic heterocycles. The zero-order chi connectivity index (χ0) is 23.0. The Labute approximate surface area is 195 Å². The van der Waals surface area contributed by atoms with Crippen LogP contribution in [0.25, 0.3) is 0 Å². The predicted octanol–water partition coefficient (Wildman–Crippen LogP) is 3.44. The van der Waals surface area contributed by atoms with Crippen LogP contribution in [-0.2, 0) is 16.0 Å². The standard InChI is InChI=1S/C26H31N5O2/c1-2-29(22-10-4-3-5-11-22)16-8-14-28-25(32)19-24(30-18-15-27-20-30)26(33)31-17-13-21-9-6-7-12-23(21)31/h3-7,9-12,15,18,20,24H,2,8,13-14,16-17,19H2,1H3,(H,28,32)/t24-/m0/s1. The number of nitrogens with one attached hydrogen (secondary N) is 1. The number of benzene rings is 2. The third-order valence-electron chi connectivity index (χ3n) is 6.13. The molecule has 4 rings (SSSR count). The number of aromatic nitrogens is 2. The third kappa shape index (κ3) is 5.42. The van der Waals surface area contributed by atoms with Gasteiger partial charge in [0.2, 0.25) is 5.91 Å². The minimum absolute atomic E-state index is 0.0747. The molecule has 0 bridgehead atoms. The minimum atomic E-state index is -0.616. The Kier molecular flexibility index (Phi) is 7.40. The van der Waals surface area contributed by atoms with E-state index in [1.807, 2.05) is 36.4 Å². The lowest BCUT2D eigenvalue weighted by molar-refractivity contribution is -0.128. The quantitative estimate of drug-likeness (QED) is 0.486. The minimum Gasteiger partial charge on any atom is -0.372 e. The van der Waals surface area contributed by atoms with Crippen molar-refractivity contribution in [2.75, 3.05) is 36.0 Å². The van der Waals surface area contributed by atoms with Crippen molar-refractivity contribution in [2.45, 2.75) is 32.2 Å². The summed E-state index contributed by atoms with van der Waals surface area (Å²) in [7, 11) is 0. The second-order valence-electron chi connectivity index (χ2n) is 8.22. The van der Waals surface area contributed by atoms with Gasteiger partial charge in [-0.3, -0.25) is 9.59 Å². The molecule has 2 aromatic carbocycles. The molecule has 0 fully saturated rings. The number of fused-ring (bicyclic) bond motifs is 1. The van der Waals surface area contributed by atoms with Crippen molar-refractivity contribution in [1.82, 2.24) is 14.9 Å². The molecular formula is C26H31N5O2. The fourth-order valence-electron chi connectivity index (χ4n) is 4.38. The SMILES string of the molecule is CCN(CCCNC(=O)C[C@@H](C(=O)N1CCc2ccccc21)n1ccnc1)c1ccccc1. The van der Waals surface area contributed by atoms with Crippen LogP contribution in [0.2, 0.25) is 0 Å². The summed E-state index contributed by atoms with van der Waals surface area (Å²) in [5.74, 6) is -0.202. The highest BCUT2D eigenvalue weighted by Crippen LogP contribution is 2.30. The van der Waals surface area contributed by atoms with Crippen LogP contribution >= 0.6 is 0 Å². The van der Waals surface area contributed by atoms with Crippen molar-refractivity contribution in [3.05, 3.63) is 78.9 Å². The molecule has 0 saturated heterocycles. The van der Waals surface area contributed by atoms with Crippen LogP contribution in [0.1, 0.15) is 31.4 Å². The van der Waals surface area contributed by atoms with Gasteiger partial charge in [0.1, 0.15) is 6.04 Å². The molecule has 1 atom stereocenters. The number of carbonyl (C=O) groups is 2. The Bertz CT molecular complexity index is 1050. The maximum Gasteiger partial charge on any atom is 0.250 e. The third-order valence-corrected chi connectivity index (χ3v) is 6.13. The van der Waals surface area contributed by atoms with E-state index in [-0.39, 0.29) is 18.2 Å². The summed E-state index contributed by atoms with van der Waals surface area (Å²) in [6.07, 6.45) is 6.74. The van der Waals surface area contributed by atoms with Gasteiger partial charge in [0, 0.05) is 49.9 Å². The molecule has 0 spiro atoms. The lowest BCUT2D eigenvalue weighted by Gasteiger charge is -2.25. The van der Waals surface area contributed by atoms with E-state index in [0.29, 0.717) is 13.1 Å². The summed E-state index contributed by atoms with van der Waals surface area (Å²) < 4.78 is 1.73. The summed E-state index contributed by atoms with van der Waals surface area (Å²) in [6.45, 7) is 5.10. The summed E-state index contributed by atoms with van der Waals surface area (Å²) in [5.41, 5.74) is 3.29. The molecule has 2 heterocycles. The molecule has 172 valence electrons. The maximum atomic E-state index is 13.4. The zero-order valence-electron chi connectivity index (χ0n) is 19.1. The summed E-state index contributed by atoms with van der Waals surface area (Å²) in [4.78, 5) is 34.4. The van der Waals surface area contributed by atoms with Gasteiger partial charge in [0.05, 0.1) is 12.7 Å². The molecular weight excluding hydrogens is 414 g/mol. The Hall–Kier alpha value is -3.61. The van der Waals surface area contributed by atoms with Crippen molar-refractivity contribution in [3.8, 4) is 0 Å². The first kappa shape index (κ1) is 22.6. The molecule has 7 nitrogen and oxygen atoms in total. The Morgan fingerprint density at radius 3 is 2.67 bits per heavy atom. The highest BCUT2D eigenvalue weighted by molar-refractivity contribution is 6.00. The molecule has 7 heteroatoms. The van der Waals surface area contributed by atoms with Gasteiger partial charge in [0.25, 0.3) is 5.91 Å². The van der Waals surface area contributed by atoms with Crippen molar-refractivity contribution in [3.63, 3.8) is 0 Å². The molecule has 3 aromatic rings. The van der Waals surface area contributed by atoms with Crippen molar-refractivity contribution >= 4 is 23.2 Å². The van der Waals surface area contributed by atoms with Gasteiger partial charge in [0.15, 0.2) is 0 Å². The van der Waals surface area contributed by atoms with Gasteiger partial charge in [-0.15, -0.1) is 0 Å². The fraction of sp³-hybridized carbons (Fsp3) is 0.346. The topological polar surface area (TPSA) is 70.5 Å². The van der Waals surface area contributed by atoms with Gasteiger partial charge in [-0.1, -0.05) is 36.4 Å². The number of hydrogen-bond acceptors (Lipinski definition) is 4. The van der Waals surface area contributed by atoms with Gasteiger partial charge in [-0.25, -0.2) is 4.98 Å². The van der Waals surface area contributed by atoms with Crippen LogP contribution in [-0.4, -0.2) is 47.5 Å². The van der Waals surface area contributed by atoms with Gasteiger partial charge < -0.3 is 19.7 Å². The predicted molar refractivity (Wildman–Crippen MR) is 130 cm³/mol. The van der Waals surface area contributed by atoms with E-state index in [4.69, 9.17) is 0 Å². The highest BCUT2D eigenvalue weighted by atomic mass is 16.2. The van der Waals surface area contributed by atoms with E-state index in [1.165, 1.54) is 11.3 Å². The first-order valence-corrected chi connectivity index (χ1v) is 11.6. The molecule has 1 aromatic heterocycles. The maximum absolute atomic E-state index is 13.4. The summed E-state index contributed by atoms with van der Waals surface area (Å²) in [6, 6.07) is 17.6.